The van der Waals surface area contributed by atoms with E-state index in [4.69, 9.17) is 11.6 Å². The van der Waals surface area contributed by atoms with Gasteiger partial charge in [-0.25, -0.2) is 13.2 Å². The van der Waals surface area contributed by atoms with Crippen molar-refractivity contribution in [3.8, 4) is 0 Å². The monoisotopic (exact) mass is 305 g/mol. The number of rotatable bonds is 6. The number of methoxy groups -OCH3 is 1. The first kappa shape index (κ1) is 15.8. The number of hydrogen-bond donors (Lipinski definition) is 1. The summed E-state index contributed by atoms with van der Waals surface area (Å²) in [4.78, 5) is 11.4. The quantitative estimate of drug-likeness (QED) is 0.820. The van der Waals surface area contributed by atoms with E-state index < -0.39 is 16.0 Å². The fourth-order valence-electron chi connectivity index (χ4n) is 1.40. The van der Waals surface area contributed by atoms with Crippen molar-refractivity contribution >= 4 is 33.3 Å². The number of hydrogen-bond acceptors (Lipinski definition) is 4. The van der Waals surface area contributed by atoms with Crippen LogP contribution in [0.25, 0.3) is 0 Å². The van der Waals surface area contributed by atoms with Crippen molar-refractivity contribution in [2.24, 2.45) is 0 Å². The number of carbonyl (C=O) groups is 1. The van der Waals surface area contributed by atoms with E-state index in [1.165, 1.54) is 25.3 Å². The summed E-state index contributed by atoms with van der Waals surface area (Å²) in [5, 5.41) is 0.229. The van der Waals surface area contributed by atoms with Crippen molar-refractivity contribution in [1.82, 2.24) is 0 Å². The van der Waals surface area contributed by atoms with Crippen LogP contribution in [0.2, 0.25) is 5.02 Å². The summed E-state index contributed by atoms with van der Waals surface area (Å²) in [7, 11) is -2.20. The highest BCUT2D eigenvalue weighted by molar-refractivity contribution is 7.92. The zero-order valence-corrected chi connectivity index (χ0v) is 12.3. The summed E-state index contributed by atoms with van der Waals surface area (Å²) < 4.78 is 30.5. The van der Waals surface area contributed by atoms with E-state index in [1.807, 2.05) is 6.92 Å². The summed E-state index contributed by atoms with van der Waals surface area (Å²) >= 11 is 5.91. The molecule has 1 aromatic rings. The topological polar surface area (TPSA) is 72.5 Å². The second-order valence-corrected chi connectivity index (χ2v) is 6.21. The van der Waals surface area contributed by atoms with Crippen LogP contribution in [0.3, 0.4) is 0 Å². The Bertz CT molecular complexity index is 557. The molecule has 0 amide bonds. The highest BCUT2D eigenvalue weighted by Gasteiger charge is 2.14. The number of esters is 1. The summed E-state index contributed by atoms with van der Waals surface area (Å²) in [6.07, 6.45) is 1.33. The van der Waals surface area contributed by atoms with Gasteiger partial charge in [0.1, 0.15) is 0 Å². The molecule has 7 heteroatoms. The Hall–Kier alpha value is -1.27. The van der Waals surface area contributed by atoms with E-state index >= 15 is 0 Å². The number of sulfonamides is 1. The normalized spacial score (nSPS) is 11.1. The minimum Gasteiger partial charge on any atom is -0.465 e. The van der Waals surface area contributed by atoms with Crippen molar-refractivity contribution in [2.45, 2.75) is 19.8 Å². The molecule has 0 saturated heterocycles. The molecule has 0 spiro atoms. The Morgan fingerprint density at radius 2 is 2.11 bits per heavy atom. The van der Waals surface area contributed by atoms with Gasteiger partial charge in [0, 0.05) is 0 Å². The highest BCUT2D eigenvalue weighted by Crippen LogP contribution is 2.24. The standard InChI is InChI=1S/C12H16ClNO4S/c1-3-4-7-19(16,17)14-11-8-9(12(15)18-2)5-6-10(11)13/h5-6,8,14H,3-4,7H2,1-2H3. The van der Waals surface area contributed by atoms with Gasteiger partial charge in [0.15, 0.2) is 0 Å². The number of anilines is 1. The van der Waals surface area contributed by atoms with Crippen molar-refractivity contribution < 1.29 is 17.9 Å². The Labute approximate surface area is 118 Å². The second kappa shape index (κ2) is 6.77. The molecule has 0 bridgehead atoms. The minimum atomic E-state index is -3.46. The average Bonchev–Trinajstić information content (AvgIpc) is 2.38. The fourth-order valence-corrected chi connectivity index (χ4v) is 2.90. The predicted molar refractivity (Wildman–Crippen MR) is 75.1 cm³/mol. The zero-order chi connectivity index (χ0) is 14.5. The van der Waals surface area contributed by atoms with Crippen LogP contribution in [0, 0.1) is 0 Å². The lowest BCUT2D eigenvalue weighted by Crippen LogP contribution is -2.17. The smallest absolute Gasteiger partial charge is 0.337 e. The zero-order valence-electron chi connectivity index (χ0n) is 10.8. The van der Waals surface area contributed by atoms with Gasteiger partial charge in [-0.15, -0.1) is 0 Å². The van der Waals surface area contributed by atoms with Gasteiger partial charge in [-0.1, -0.05) is 24.9 Å². The SMILES string of the molecule is CCCCS(=O)(=O)Nc1cc(C(=O)OC)ccc1Cl. The maximum absolute atomic E-state index is 11.8. The first-order valence-electron chi connectivity index (χ1n) is 5.78. The average molecular weight is 306 g/mol. The second-order valence-electron chi connectivity index (χ2n) is 3.96. The lowest BCUT2D eigenvalue weighted by molar-refractivity contribution is 0.0601. The van der Waals surface area contributed by atoms with Crippen molar-refractivity contribution in [2.75, 3.05) is 17.6 Å². The van der Waals surface area contributed by atoms with E-state index in [0.29, 0.717) is 6.42 Å². The van der Waals surface area contributed by atoms with Gasteiger partial charge < -0.3 is 4.74 Å². The number of halogens is 1. The van der Waals surface area contributed by atoms with Crippen LogP contribution in [-0.4, -0.2) is 27.2 Å². The van der Waals surface area contributed by atoms with Crippen LogP contribution in [0.5, 0.6) is 0 Å². The molecule has 0 aliphatic heterocycles. The molecule has 0 aliphatic rings. The molecular weight excluding hydrogens is 290 g/mol. The van der Waals surface area contributed by atoms with Gasteiger partial charge in [0.25, 0.3) is 0 Å². The maximum Gasteiger partial charge on any atom is 0.337 e. The largest absolute Gasteiger partial charge is 0.465 e. The fraction of sp³-hybridized carbons (Fsp3) is 0.417. The molecule has 0 atom stereocenters. The first-order valence-corrected chi connectivity index (χ1v) is 7.81. The number of nitrogens with one attached hydrogen (secondary N) is 1. The lowest BCUT2D eigenvalue weighted by atomic mass is 10.2. The molecule has 0 aromatic heterocycles. The van der Waals surface area contributed by atoms with E-state index in [1.54, 1.807) is 0 Å². The van der Waals surface area contributed by atoms with Crippen LogP contribution in [0.15, 0.2) is 18.2 Å². The molecule has 1 N–H and O–H groups in total. The van der Waals surface area contributed by atoms with Crippen LogP contribution >= 0.6 is 11.6 Å². The van der Waals surface area contributed by atoms with E-state index in [0.717, 1.165) is 6.42 Å². The summed E-state index contributed by atoms with van der Waals surface area (Å²) in [6.45, 7) is 1.90. The summed E-state index contributed by atoms with van der Waals surface area (Å²) in [5.41, 5.74) is 0.417. The Balaban J connectivity index is 2.97. The Kier molecular flexibility index (Phi) is 5.62. The summed E-state index contributed by atoms with van der Waals surface area (Å²) in [6, 6.07) is 4.28. The molecule has 1 aromatic carbocycles. The van der Waals surface area contributed by atoms with Crippen molar-refractivity contribution in [3.63, 3.8) is 0 Å². The van der Waals surface area contributed by atoms with Crippen LogP contribution in [0.4, 0.5) is 5.69 Å². The molecule has 0 aliphatic carbocycles. The van der Waals surface area contributed by atoms with Crippen LogP contribution in [-0.2, 0) is 14.8 Å². The third-order valence-electron chi connectivity index (χ3n) is 2.42. The van der Waals surface area contributed by atoms with Crippen molar-refractivity contribution in [1.29, 1.82) is 0 Å². The molecule has 19 heavy (non-hydrogen) atoms. The van der Waals surface area contributed by atoms with Gasteiger partial charge >= 0.3 is 5.97 Å². The Morgan fingerprint density at radius 3 is 2.68 bits per heavy atom. The van der Waals surface area contributed by atoms with E-state index in [9.17, 15) is 13.2 Å². The van der Waals surface area contributed by atoms with Gasteiger partial charge in [-0.3, -0.25) is 4.72 Å². The lowest BCUT2D eigenvalue weighted by Gasteiger charge is -2.10. The highest BCUT2D eigenvalue weighted by atomic mass is 35.5. The summed E-state index contributed by atoms with van der Waals surface area (Å²) in [5.74, 6) is -0.534. The molecule has 106 valence electrons. The molecule has 0 radical (unpaired) electrons. The number of ether oxygens (including phenoxy) is 1. The molecule has 0 fully saturated rings. The molecular formula is C12H16ClNO4S. The minimum absolute atomic E-state index is 0.0162. The number of benzene rings is 1. The molecule has 0 unspecified atom stereocenters. The molecule has 1 rings (SSSR count). The number of unbranched alkanes of at least 4 members (excludes halogenated alkanes) is 1. The van der Waals surface area contributed by atoms with Crippen molar-refractivity contribution in [3.05, 3.63) is 28.8 Å². The van der Waals surface area contributed by atoms with Gasteiger partial charge in [0.2, 0.25) is 10.0 Å². The van der Waals surface area contributed by atoms with Gasteiger partial charge in [-0.05, 0) is 24.6 Å². The third-order valence-corrected chi connectivity index (χ3v) is 4.11. The van der Waals surface area contributed by atoms with Crippen LogP contribution in [0.1, 0.15) is 30.1 Å². The van der Waals surface area contributed by atoms with Crippen LogP contribution < -0.4 is 4.72 Å². The van der Waals surface area contributed by atoms with E-state index in [-0.39, 0.29) is 22.0 Å². The maximum atomic E-state index is 11.8. The third kappa shape index (κ3) is 4.72. The van der Waals surface area contributed by atoms with Gasteiger partial charge in [-0.2, -0.15) is 0 Å². The van der Waals surface area contributed by atoms with Gasteiger partial charge in [0.05, 0.1) is 29.1 Å². The molecule has 0 heterocycles. The Morgan fingerprint density at radius 1 is 1.42 bits per heavy atom. The first-order chi connectivity index (χ1) is 8.89. The predicted octanol–water partition coefficient (Wildman–Crippen LogP) is 2.67. The molecule has 0 saturated carbocycles. The van der Waals surface area contributed by atoms with E-state index in [2.05, 4.69) is 9.46 Å². The molecule has 5 nitrogen and oxygen atoms in total. The number of carbonyl (C=O) groups excluding carboxylic acids is 1.